The van der Waals surface area contributed by atoms with Crippen molar-refractivity contribution >= 4 is 17.6 Å². The van der Waals surface area contributed by atoms with Crippen LogP contribution in [0.4, 0.5) is 0 Å². The number of nitrogens with one attached hydrogen (secondary N) is 1. The van der Waals surface area contributed by atoms with E-state index in [9.17, 15) is 0 Å². The first-order valence-electron chi connectivity index (χ1n) is 11.5. The number of aliphatic imine (C=N–C) groups is 1. The van der Waals surface area contributed by atoms with Crippen LogP contribution < -0.4 is 5.32 Å². The van der Waals surface area contributed by atoms with Gasteiger partial charge in [0, 0.05) is 43.6 Å². The van der Waals surface area contributed by atoms with E-state index in [1.807, 2.05) is 0 Å². The minimum Gasteiger partial charge on any atom is -0.368 e. The first kappa shape index (κ1) is 20.1. The van der Waals surface area contributed by atoms with Crippen molar-refractivity contribution in [2.75, 3.05) is 26.2 Å². The Bertz CT molecular complexity index is 1050. The third-order valence-corrected chi connectivity index (χ3v) is 6.26. The fourth-order valence-electron chi connectivity index (χ4n) is 4.24. The molecule has 1 aliphatic carbocycles. The summed E-state index contributed by atoms with van der Waals surface area (Å²) >= 11 is 0. The van der Waals surface area contributed by atoms with Gasteiger partial charge in [-0.3, -0.25) is 4.90 Å². The lowest BCUT2D eigenvalue weighted by Gasteiger charge is -2.35. The second kappa shape index (κ2) is 8.35. The van der Waals surface area contributed by atoms with Gasteiger partial charge in [0.25, 0.3) is 0 Å². The van der Waals surface area contributed by atoms with Crippen molar-refractivity contribution in [3.8, 4) is 0 Å². The van der Waals surface area contributed by atoms with E-state index in [0.717, 1.165) is 37.7 Å². The standard InChI is InChI=1S/C27H32N4/c1-19(2)4-6-22-16-23(7-5-20(22)3)25-17-26(21-8-9-21)31-18-24(10-11-27(31)29-25)30-14-12-28-13-15-30/h4-7,10-11,16-19,28H,8-9,12-15H2,1-3H3/b6-4-. The van der Waals surface area contributed by atoms with Gasteiger partial charge >= 0.3 is 0 Å². The Morgan fingerprint density at radius 3 is 2.65 bits per heavy atom. The minimum absolute atomic E-state index is 0.543. The highest BCUT2D eigenvalue weighted by Crippen LogP contribution is 2.39. The topological polar surface area (TPSA) is 30.9 Å². The van der Waals surface area contributed by atoms with Crippen LogP contribution in [0, 0.1) is 12.8 Å². The van der Waals surface area contributed by atoms with E-state index < -0.39 is 0 Å². The van der Waals surface area contributed by atoms with Gasteiger partial charge in [-0.1, -0.05) is 38.1 Å². The lowest BCUT2D eigenvalue weighted by molar-refractivity contribution is 0.303. The molecule has 1 saturated heterocycles. The molecule has 160 valence electrons. The smallest absolute Gasteiger partial charge is 0.137 e. The van der Waals surface area contributed by atoms with Gasteiger partial charge in [0.2, 0.25) is 0 Å². The van der Waals surface area contributed by atoms with E-state index >= 15 is 0 Å². The summed E-state index contributed by atoms with van der Waals surface area (Å²) in [4.78, 5) is 9.83. The number of hydrogen-bond acceptors (Lipinski definition) is 4. The van der Waals surface area contributed by atoms with Crippen molar-refractivity contribution in [2.24, 2.45) is 10.9 Å². The Kier molecular flexibility index (Phi) is 5.41. The number of benzene rings is 1. The number of rotatable bonds is 4. The first-order chi connectivity index (χ1) is 15.1. The molecule has 0 unspecified atom stereocenters. The molecule has 1 aromatic carbocycles. The molecular formula is C27H32N4. The second-order valence-electron chi connectivity index (χ2n) is 9.16. The van der Waals surface area contributed by atoms with Crippen LogP contribution in [0.25, 0.3) is 11.8 Å². The Balaban J connectivity index is 1.48. The van der Waals surface area contributed by atoms with Crippen LogP contribution in [0.3, 0.4) is 0 Å². The van der Waals surface area contributed by atoms with Crippen molar-refractivity contribution < 1.29 is 0 Å². The molecule has 3 heterocycles. The maximum absolute atomic E-state index is 5.06. The average molecular weight is 413 g/mol. The van der Waals surface area contributed by atoms with Gasteiger partial charge in [0.1, 0.15) is 5.84 Å². The van der Waals surface area contributed by atoms with Gasteiger partial charge in [-0.05, 0) is 66.7 Å². The van der Waals surface area contributed by atoms with Crippen molar-refractivity contribution in [1.29, 1.82) is 0 Å². The van der Waals surface area contributed by atoms with Gasteiger partial charge < -0.3 is 10.2 Å². The quantitative estimate of drug-likeness (QED) is 0.748. The molecule has 1 saturated carbocycles. The van der Waals surface area contributed by atoms with Crippen LogP contribution >= 0.6 is 0 Å². The summed E-state index contributed by atoms with van der Waals surface area (Å²) < 4.78 is 0. The number of aryl methyl sites for hydroxylation is 1. The van der Waals surface area contributed by atoms with E-state index in [4.69, 9.17) is 4.99 Å². The molecule has 4 aliphatic rings. The van der Waals surface area contributed by atoms with E-state index in [1.165, 1.54) is 46.5 Å². The van der Waals surface area contributed by atoms with Gasteiger partial charge in [0.15, 0.2) is 0 Å². The third kappa shape index (κ3) is 4.31. The normalized spacial score (nSPS) is 20.8. The van der Waals surface area contributed by atoms with Crippen molar-refractivity contribution in [2.45, 2.75) is 33.6 Å². The zero-order valence-corrected chi connectivity index (χ0v) is 18.9. The highest BCUT2D eigenvalue weighted by Gasteiger charge is 2.28. The summed E-state index contributed by atoms with van der Waals surface area (Å²) in [6, 6.07) is 6.70. The largest absolute Gasteiger partial charge is 0.368 e. The van der Waals surface area contributed by atoms with Crippen LogP contribution in [0.2, 0.25) is 0 Å². The Labute approximate surface area is 186 Å². The third-order valence-electron chi connectivity index (χ3n) is 6.26. The zero-order valence-electron chi connectivity index (χ0n) is 18.9. The number of allylic oxidation sites excluding steroid dienone is 4. The summed E-state index contributed by atoms with van der Waals surface area (Å²) in [5.41, 5.74) is 8.95. The molecule has 0 radical (unpaired) electrons. The lowest BCUT2D eigenvalue weighted by atomic mass is 10.00. The molecule has 4 heteroatoms. The van der Waals surface area contributed by atoms with Crippen molar-refractivity contribution in [3.05, 3.63) is 82.4 Å². The Morgan fingerprint density at radius 2 is 1.90 bits per heavy atom. The molecule has 31 heavy (non-hydrogen) atoms. The number of piperazine rings is 1. The summed E-state index contributed by atoms with van der Waals surface area (Å²) in [5, 5.41) is 3.44. The molecule has 5 rings (SSSR count). The maximum Gasteiger partial charge on any atom is 0.137 e. The molecule has 0 spiro atoms. The molecule has 3 aliphatic heterocycles. The number of hydrogen-bond donors (Lipinski definition) is 1. The van der Waals surface area contributed by atoms with E-state index in [2.05, 4.69) is 90.7 Å². The predicted octanol–water partition coefficient (Wildman–Crippen LogP) is 5.08. The SMILES string of the molecule is Cc1ccc(C2=CC(=C3CC3)N3C=C(N4CCNCC4)C=CC3=N2)cc1/C=C\C(C)C. The van der Waals surface area contributed by atoms with Gasteiger partial charge in [-0.25, -0.2) is 4.99 Å². The highest BCUT2D eigenvalue weighted by molar-refractivity contribution is 6.02. The number of nitrogens with zero attached hydrogens (tertiary/aromatic N) is 3. The van der Waals surface area contributed by atoms with Crippen LogP contribution in [0.1, 0.15) is 43.4 Å². The first-order valence-corrected chi connectivity index (χ1v) is 11.5. The van der Waals surface area contributed by atoms with Crippen molar-refractivity contribution in [3.63, 3.8) is 0 Å². The second-order valence-corrected chi connectivity index (χ2v) is 9.16. The molecule has 0 aromatic heterocycles. The van der Waals surface area contributed by atoms with Crippen LogP contribution in [-0.4, -0.2) is 41.8 Å². The molecule has 0 bridgehead atoms. The molecule has 0 amide bonds. The summed E-state index contributed by atoms with van der Waals surface area (Å²) in [7, 11) is 0. The molecule has 4 nitrogen and oxygen atoms in total. The van der Waals surface area contributed by atoms with Gasteiger partial charge in [-0.2, -0.15) is 0 Å². The monoisotopic (exact) mass is 412 g/mol. The van der Waals surface area contributed by atoms with Crippen LogP contribution in [-0.2, 0) is 0 Å². The molecule has 0 atom stereocenters. The summed E-state index contributed by atoms with van der Waals surface area (Å²) in [6.45, 7) is 10.8. The minimum atomic E-state index is 0.543. The predicted molar refractivity (Wildman–Crippen MR) is 130 cm³/mol. The zero-order chi connectivity index (χ0) is 21.4. The summed E-state index contributed by atoms with van der Waals surface area (Å²) in [5.74, 6) is 1.56. The number of amidine groups is 1. The highest BCUT2D eigenvalue weighted by atomic mass is 15.3. The van der Waals surface area contributed by atoms with E-state index in [-0.39, 0.29) is 0 Å². The Morgan fingerprint density at radius 1 is 1.10 bits per heavy atom. The molecule has 2 fully saturated rings. The lowest BCUT2D eigenvalue weighted by Crippen LogP contribution is -2.43. The fourth-order valence-corrected chi connectivity index (χ4v) is 4.24. The molecule has 1 aromatic rings. The molecule has 1 N–H and O–H groups in total. The summed E-state index contributed by atoms with van der Waals surface area (Å²) in [6.07, 6.45) is 15.9. The van der Waals surface area contributed by atoms with E-state index in [0.29, 0.717) is 5.92 Å². The van der Waals surface area contributed by atoms with Gasteiger partial charge in [0.05, 0.1) is 11.4 Å². The fraction of sp³-hybridized carbons (Fsp3) is 0.370. The molecular weight excluding hydrogens is 380 g/mol. The average Bonchev–Trinajstić information content (AvgIpc) is 3.63. The maximum atomic E-state index is 5.06. The van der Waals surface area contributed by atoms with Crippen LogP contribution in [0.15, 0.2) is 70.7 Å². The van der Waals surface area contributed by atoms with Crippen molar-refractivity contribution in [1.82, 2.24) is 15.1 Å². The van der Waals surface area contributed by atoms with Gasteiger partial charge in [-0.15, -0.1) is 0 Å². The van der Waals surface area contributed by atoms with Crippen LogP contribution in [0.5, 0.6) is 0 Å². The Hall–Kier alpha value is -2.85. The van der Waals surface area contributed by atoms with E-state index in [1.54, 1.807) is 0 Å². The number of fused-ring (bicyclic) bond motifs is 1.